The maximum absolute atomic E-state index is 12.7. The third-order valence-corrected chi connectivity index (χ3v) is 4.46. The predicted octanol–water partition coefficient (Wildman–Crippen LogP) is 2.28. The highest BCUT2D eigenvalue weighted by molar-refractivity contribution is 6.00. The molecule has 2 aliphatic heterocycles. The summed E-state index contributed by atoms with van der Waals surface area (Å²) in [7, 11) is 1.57. The normalized spacial score (nSPS) is 27.9. The lowest BCUT2D eigenvalue weighted by Gasteiger charge is -2.28. The van der Waals surface area contributed by atoms with Crippen molar-refractivity contribution >= 4 is 5.78 Å². The fourth-order valence-corrected chi connectivity index (χ4v) is 3.44. The van der Waals surface area contributed by atoms with Gasteiger partial charge in [0.15, 0.2) is 5.78 Å². The van der Waals surface area contributed by atoms with Crippen molar-refractivity contribution in [3.8, 4) is 11.8 Å². The molecule has 1 aromatic rings. The molecule has 2 bridgehead atoms. The van der Waals surface area contributed by atoms with Gasteiger partial charge < -0.3 is 10.1 Å². The van der Waals surface area contributed by atoms with Gasteiger partial charge in [-0.05, 0) is 43.9 Å². The maximum Gasteiger partial charge on any atom is 0.167 e. The number of hydrogen-bond acceptors (Lipinski definition) is 4. The first-order chi connectivity index (χ1) is 9.71. The number of benzene rings is 1. The molecule has 2 aliphatic rings. The number of nitrogens with one attached hydrogen (secondary N) is 1. The van der Waals surface area contributed by atoms with Crippen molar-refractivity contribution in [1.29, 1.82) is 5.26 Å². The van der Waals surface area contributed by atoms with Crippen LogP contribution in [0, 0.1) is 17.2 Å². The van der Waals surface area contributed by atoms with Crippen LogP contribution in [-0.2, 0) is 0 Å². The molecule has 0 radical (unpaired) electrons. The van der Waals surface area contributed by atoms with E-state index in [4.69, 9.17) is 4.74 Å². The molecule has 0 spiro atoms. The van der Waals surface area contributed by atoms with Gasteiger partial charge in [-0.25, -0.2) is 0 Å². The van der Waals surface area contributed by atoms with E-state index >= 15 is 0 Å². The first-order valence-corrected chi connectivity index (χ1v) is 7.09. The van der Waals surface area contributed by atoms with Gasteiger partial charge in [0.25, 0.3) is 0 Å². The predicted molar refractivity (Wildman–Crippen MR) is 74.7 cm³/mol. The average molecular weight is 270 g/mol. The zero-order valence-electron chi connectivity index (χ0n) is 11.6. The minimum atomic E-state index is 0.0351. The van der Waals surface area contributed by atoms with Gasteiger partial charge in [0.05, 0.1) is 18.7 Å². The molecule has 0 saturated carbocycles. The number of piperidine rings is 1. The van der Waals surface area contributed by atoms with Crippen molar-refractivity contribution in [2.45, 2.75) is 37.8 Å². The summed E-state index contributed by atoms with van der Waals surface area (Å²) in [6.07, 6.45) is 4.10. The van der Waals surface area contributed by atoms with E-state index in [1.807, 2.05) is 0 Å². The lowest BCUT2D eigenvalue weighted by molar-refractivity contribution is 0.0875. The topological polar surface area (TPSA) is 62.1 Å². The second-order valence-corrected chi connectivity index (χ2v) is 5.69. The van der Waals surface area contributed by atoms with E-state index in [-0.39, 0.29) is 11.7 Å². The van der Waals surface area contributed by atoms with Crippen LogP contribution in [0.3, 0.4) is 0 Å². The Morgan fingerprint density at radius 2 is 2.05 bits per heavy atom. The number of nitriles is 1. The fourth-order valence-electron chi connectivity index (χ4n) is 3.44. The molecule has 2 saturated heterocycles. The Balaban J connectivity index is 1.88. The number of ether oxygens (including phenoxy) is 1. The minimum absolute atomic E-state index is 0.0351. The summed E-state index contributed by atoms with van der Waals surface area (Å²) in [6, 6.07) is 8.15. The molecule has 2 fully saturated rings. The summed E-state index contributed by atoms with van der Waals surface area (Å²) < 4.78 is 5.17. The van der Waals surface area contributed by atoms with Crippen LogP contribution in [0.15, 0.2) is 18.2 Å². The highest BCUT2D eigenvalue weighted by Crippen LogP contribution is 2.33. The maximum atomic E-state index is 12.7. The highest BCUT2D eigenvalue weighted by atomic mass is 16.5. The van der Waals surface area contributed by atoms with E-state index in [1.54, 1.807) is 25.3 Å². The van der Waals surface area contributed by atoms with Crippen molar-refractivity contribution in [1.82, 2.24) is 5.32 Å². The van der Waals surface area contributed by atoms with E-state index in [0.29, 0.717) is 29.0 Å². The number of carbonyl (C=O) groups is 1. The number of rotatable bonds is 3. The van der Waals surface area contributed by atoms with Crippen molar-refractivity contribution in [3.63, 3.8) is 0 Å². The van der Waals surface area contributed by atoms with Crippen molar-refractivity contribution in [3.05, 3.63) is 29.3 Å². The lowest BCUT2D eigenvalue weighted by atomic mass is 9.84. The Kier molecular flexibility index (Phi) is 3.45. The third kappa shape index (κ3) is 2.30. The molecule has 104 valence electrons. The average Bonchev–Trinajstić information content (AvgIpc) is 2.84. The summed E-state index contributed by atoms with van der Waals surface area (Å²) in [5, 5.41) is 12.7. The van der Waals surface area contributed by atoms with Crippen molar-refractivity contribution in [2.24, 2.45) is 5.92 Å². The molecule has 3 rings (SSSR count). The molecule has 2 atom stereocenters. The highest BCUT2D eigenvalue weighted by Gasteiger charge is 2.37. The smallest absolute Gasteiger partial charge is 0.167 e. The zero-order chi connectivity index (χ0) is 14.1. The van der Waals surface area contributed by atoms with Gasteiger partial charge in [0, 0.05) is 23.6 Å². The van der Waals surface area contributed by atoms with Crippen LogP contribution in [0.1, 0.15) is 41.6 Å². The molecular formula is C16H18N2O2. The third-order valence-electron chi connectivity index (χ3n) is 4.46. The van der Waals surface area contributed by atoms with E-state index in [1.165, 1.54) is 0 Å². The van der Waals surface area contributed by atoms with Crippen molar-refractivity contribution in [2.75, 3.05) is 7.11 Å². The molecule has 4 nitrogen and oxygen atoms in total. The summed E-state index contributed by atoms with van der Waals surface area (Å²) in [5.74, 6) is 0.760. The van der Waals surface area contributed by atoms with Gasteiger partial charge in [-0.1, -0.05) is 0 Å². The van der Waals surface area contributed by atoms with Gasteiger partial charge in [-0.15, -0.1) is 0 Å². The van der Waals surface area contributed by atoms with Crippen LogP contribution in [-0.4, -0.2) is 25.0 Å². The summed E-state index contributed by atoms with van der Waals surface area (Å²) in [5.41, 5.74) is 0.958. The van der Waals surface area contributed by atoms with Crippen LogP contribution in [0.2, 0.25) is 0 Å². The minimum Gasteiger partial charge on any atom is -0.497 e. The van der Waals surface area contributed by atoms with Gasteiger partial charge in [0.2, 0.25) is 0 Å². The second-order valence-electron chi connectivity index (χ2n) is 5.69. The molecule has 1 aromatic carbocycles. The van der Waals surface area contributed by atoms with Crippen LogP contribution in [0.5, 0.6) is 5.75 Å². The molecule has 4 heteroatoms. The summed E-state index contributed by atoms with van der Waals surface area (Å²) in [6.45, 7) is 0. The molecule has 0 aliphatic carbocycles. The Morgan fingerprint density at radius 1 is 1.35 bits per heavy atom. The molecular weight excluding hydrogens is 252 g/mol. The number of nitrogens with zero attached hydrogens (tertiary/aromatic N) is 1. The SMILES string of the molecule is COc1ccc(C#N)c(C(=O)C2CC3CCC(C2)N3)c1. The number of methoxy groups -OCH3 is 1. The number of Topliss-reactive ketones (excluding diaryl/α,β-unsaturated/α-hetero) is 1. The Morgan fingerprint density at radius 3 is 2.65 bits per heavy atom. The first kappa shape index (κ1) is 13.1. The summed E-state index contributed by atoms with van der Waals surface area (Å²) >= 11 is 0. The van der Waals surface area contributed by atoms with Crippen LogP contribution in [0.25, 0.3) is 0 Å². The standard InChI is InChI=1S/C16H18N2O2/c1-20-14-5-2-10(9-17)15(8-14)16(19)11-6-12-3-4-13(7-11)18-12/h2,5,8,11-13,18H,3-4,6-7H2,1H3. The van der Waals surface area contributed by atoms with E-state index in [2.05, 4.69) is 11.4 Å². The number of carbonyl (C=O) groups excluding carboxylic acids is 1. The second kappa shape index (κ2) is 5.26. The quantitative estimate of drug-likeness (QED) is 0.856. The lowest BCUT2D eigenvalue weighted by Crippen LogP contribution is -2.40. The van der Waals surface area contributed by atoms with E-state index < -0.39 is 0 Å². The molecule has 0 amide bonds. The number of hydrogen-bond donors (Lipinski definition) is 1. The first-order valence-electron chi connectivity index (χ1n) is 7.09. The Hall–Kier alpha value is -1.86. The van der Waals surface area contributed by atoms with E-state index in [9.17, 15) is 10.1 Å². The van der Waals surface area contributed by atoms with E-state index in [0.717, 1.165) is 25.7 Å². The van der Waals surface area contributed by atoms with Gasteiger partial charge in [-0.3, -0.25) is 4.79 Å². The van der Waals surface area contributed by atoms with Crippen LogP contribution >= 0.6 is 0 Å². The fraction of sp³-hybridized carbons (Fsp3) is 0.500. The Labute approximate surface area is 118 Å². The summed E-state index contributed by atoms with van der Waals surface area (Å²) in [4.78, 5) is 12.7. The van der Waals surface area contributed by atoms with Crippen molar-refractivity contribution < 1.29 is 9.53 Å². The monoisotopic (exact) mass is 270 g/mol. The number of fused-ring (bicyclic) bond motifs is 2. The molecule has 2 unspecified atom stereocenters. The van der Waals surface area contributed by atoms with Gasteiger partial charge in [0.1, 0.15) is 5.75 Å². The van der Waals surface area contributed by atoms with Crippen LogP contribution in [0.4, 0.5) is 0 Å². The number of ketones is 1. The largest absolute Gasteiger partial charge is 0.497 e. The van der Waals surface area contributed by atoms with Gasteiger partial charge >= 0.3 is 0 Å². The molecule has 0 aromatic heterocycles. The zero-order valence-corrected chi connectivity index (χ0v) is 11.6. The molecule has 2 heterocycles. The Bertz CT molecular complexity index is 564. The van der Waals surface area contributed by atoms with Gasteiger partial charge in [-0.2, -0.15) is 5.26 Å². The van der Waals surface area contributed by atoms with Crippen LogP contribution < -0.4 is 10.1 Å². The molecule has 20 heavy (non-hydrogen) atoms. The molecule has 1 N–H and O–H groups in total.